The van der Waals surface area contributed by atoms with Crippen LogP contribution in [-0.4, -0.2) is 35.1 Å². The number of aromatic carboxylic acids is 1. The number of urea groups is 1. The van der Waals surface area contributed by atoms with Crippen LogP contribution in [0.25, 0.3) is 0 Å². The number of carbonyl (C=O) groups excluding carboxylic acids is 1. The minimum absolute atomic E-state index is 0.0154. The first kappa shape index (κ1) is 15.3. The molecule has 2 unspecified atom stereocenters. The Hall–Kier alpha value is -2.11. The van der Waals surface area contributed by atoms with E-state index in [-0.39, 0.29) is 11.7 Å². The van der Waals surface area contributed by atoms with Crippen molar-refractivity contribution in [2.45, 2.75) is 20.3 Å². The molecule has 1 fully saturated rings. The monoisotopic (exact) mass is 294 g/mol. The molecule has 1 heterocycles. The molecule has 2 rings (SSSR count). The molecule has 0 bridgehead atoms. The fourth-order valence-electron chi connectivity index (χ4n) is 2.87. The van der Waals surface area contributed by atoms with Crippen molar-refractivity contribution in [2.24, 2.45) is 11.8 Å². The molecule has 2 N–H and O–H groups in total. The first-order valence-corrected chi connectivity index (χ1v) is 6.96. The van der Waals surface area contributed by atoms with Gasteiger partial charge in [0, 0.05) is 13.1 Å². The van der Waals surface area contributed by atoms with Gasteiger partial charge in [-0.3, -0.25) is 0 Å². The van der Waals surface area contributed by atoms with Crippen molar-refractivity contribution in [2.75, 3.05) is 18.4 Å². The number of carboxylic acids is 1. The largest absolute Gasteiger partial charge is 0.478 e. The SMILES string of the molecule is CC1CC(C)CN(C(=O)Nc2cccc(F)c2C(=O)O)C1. The maximum Gasteiger partial charge on any atom is 0.340 e. The predicted molar refractivity (Wildman–Crippen MR) is 76.9 cm³/mol. The fourth-order valence-corrected chi connectivity index (χ4v) is 2.87. The molecule has 1 aliphatic rings. The summed E-state index contributed by atoms with van der Waals surface area (Å²) in [4.78, 5) is 25.0. The van der Waals surface area contributed by atoms with Gasteiger partial charge in [-0.15, -0.1) is 0 Å². The van der Waals surface area contributed by atoms with Gasteiger partial charge in [-0.25, -0.2) is 14.0 Å². The van der Waals surface area contributed by atoms with Gasteiger partial charge >= 0.3 is 12.0 Å². The first-order chi connectivity index (χ1) is 9.88. The minimum Gasteiger partial charge on any atom is -0.478 e. The lowest BCUT2D eigenvalue weighted by molar-refractivity contribution is 0.0693. The molecule has 1 saturated heterocycles. The van der Waals surface area contributed by atoms with Crippen LogP contribution in [0.2, 0.25) is 0 Å². The molecule has 0 aliphatic carbocycles. The molecule has 1 aromatic rings. The van der Waals surface area contributed by atoms with Crippen molar-refractivity contribution in [3.05, 3.63) is 29.6 Å². The summed E-state index contributed by atoms with van der Waals surface area (Å²) in [5, 5.41) is 11.6. The first-order valence-electron chi connectivity index (χ1n) is 6.96. The Balaban J connectivity index is 2.16. The molecular formula is C15H19FN2O3. The van der Waals surface area contributed by atoms with Crippen LogP contribution in [0.1, 0.15) is 30.6 Å². The summed E-state index contributed by atoms with van der Waals surface area (Å²) in [6, 6.07) is 3.44. The number of anilines is 1. The number of carboxylic acid groups (broad SMARTS) is 1. The molecule has 0 saturated carbocycles. The molecule has 21 heavy (non-hydrogen) atoms. The van der Waals surface area contributed by atoms with E-state index >= 15 is 0 Å². The molecule has 1 aromatic carbocycles. The highest BCUT2D eigenvalue weighted by Gasteiger charge is 2.26. The van der Waals surface area contributed by atoms with Gasteiger partial charge in [0.1, 0.15) is 11.4 Å². The zero-order valence-electron chi connectivity index (χ0n) is 12.1. The average molecular weight is 294 g/mol. The van der Waals surface area contributed by atoms with Crippen LogP contribution in [0.15, 0.2) is 18.2 Å². The van der Waals surface area contributed by atoms with Crippen molar-refractivity contribution in [1.82, 2.24) is 4.90 Å². The Labute approximate surface area is 122 Å². The standard InChI is InChI=1S/C15H19FN2O3/c1-9-6-10(2)8-18(7-9)15(21)17-12-5-3-4-11(16)13(12)14(19)20/h3-5,9-10H,6-8H2,1-2H3,(H,17,21)(H,19,20). The topological polar surface area (TPSA) is 69.6 Å². The van der Waals surface area contributed by atoms with Gasteiger partial charge in [-0.1, -0.05) is 19.9 Å². The molecule has 114 valence electrons. The Morgan fingerprint density at radius 3 is 2.48 bits per heavy atom. The second-order valence-electron chi connectivity index (χ2n) is 5.75. The van der Waals surface area contributed by atoms with Crippen LogP contribution in [0, 0.1) is 17.7 Å². The maximum atomic E-state index is 13.6. The number of nitrogens with one attached hydrogen (secondary N) is 1. The van der Waals surface area contributed by atoms with Crippen molar-refractivity contribution >= 4 is 17.7 Å². The van der Waals surface area contributed by atoms with Crippen molar-refractivity contribution in [3.8, 4) is 0 Å². The van der Waals surface area contributed by atoms with Gasteiger partial charge in [0.15, 0.2) is 0 Å². The number of amides is 2. The molecule has 5 nitrogen and oxygen atoms in total. The average Bonchev–Trinajstić information content (AvgIpc) is 2.37. The molecule has 0 radical (unpaired) electrons. The van der Waals surface area contributed by atoms with Crippen LogP contribution in [0.4, 0.5) is 14.9 Å². The van der Waals surface area contributed by atoms with Gasteiger partial charge in [0.25, 0.3) is 0 Å². The van der Waals surface area contributed by atoms with E-state index in [9.17, 15) is 14.0 Å². The van der Waals surface area contributed by atoms with E-state index in [1.165, 1.54) is 12.1 Å². The van der Waals surface area contributed by atoms with Crippen molar-refractivity contribution in [1.29, 1.82) is 0 Å². The fraction of sp³-hybridized carbons (Fsp3) is 0.467. The van der Waals surface area contributed by atoms with E-state index in [2.05, 4.69) is 19.2 Å². The number of carbonyl (C=O) groups is 2. The van der Waals surface area contributed by atoms with Crippen molar-refractivity contribution < 1.29 is 19.1 Å². The van der Waals surface area contributed by atoms with E-state index in [0.29, 0.717) is 24.9 Å². The molecule has 1 aliphatic heterocycles. The van der Waals surface area contributed by atoms with Gasteiger partial charge in [-0.2, -0.15) is 0 Å². The zero-order valence-corrected chi connectivity index (χ0v) is 12.1. The van der Waals surface area contributed by atoms with E-state index in [4.69, 9.17) is 5.11 Å². The lowest BCUT2D eigenvalue weighted by atomic mass is 9.92. The van der Waals surface area contributed by atoms with E-state index < -0.39 is 17.3 Å². The smallest absolute Gasteiger partial charge is 0.340 e. The maximum absolute atomic E-state index is 13.6. The second-order valence-corrected chi connectivity index (χ2v) is 5.75. The molecule has 0 spiro atoms. The summed E-state index contributed by atoms with van der Waals surface area (Å²) in [5.74, 6) is -1.47. The van der Waals surface area contributed by atoms with Crippen LogP contribution < -0.4 is 5.32 Å². The van der Waals surface area contributed by atoms with Crippen molar-refractivity contribution in [3.63, 3.8) is 0 Å². The Bertz CT molecular complexity index is 552. The van der Waals surface area contributed by atoms with Crippen LogP contribution in [0.5, 0.6) is 0 Å². The zero-order chi connectivity index (χ0) is 15.6. The molecule has 2 amide bonds. The van der Waals surface area contributed by atoms with E-state index in [1.807, 2.05) is 0 Å². The number of piperidine rings is 1. The summed E-state index contributed by atoms with van der Waals surface area (Å²) >= 11 is 0. The van der Waals surface area contributed by atoms with E-state index in [0.717, 1.165) is 12.5 Å². The third kappa shape index (κ3) is 3.51. The van der Waals surface area contributed by atoms with Gasteiger partial charge < -0.3 is 15.3 Å². The number of hydrogen-bond acceptors (Lipinski definition) is 2. The Morgan fingerprint density at radius 2 is 1.90 bits per heavy atom. The second kappa shape index (κ2) is 6.11. The predicted octanol–water partition coefficient (Wildman–Crippen LogP) is 3.03. The normalized spacial score (nSPS) is 22.0. The van der Waals surface area contributed by atoms with Gasteiger partial charge in [-0.05, 0) is 30.4 Å². The number of nitrogens with zero attached hydrogens (tertiary/aromatic N) is 1. The Kier molecular flexibility index (Phi) is 4.45. The number of rotatable bonds is 2. The van der Waals surface area contributed by atoms with Crippen LogP contribution in [-0.2, 0) is 0 Å². The Morgan fingerprint density at radius 1 is 1.29 bits per heavy atom. The van der Waals surface area contributed by atoms with Crippen LogP contribution in [0.3, 0.4) is 0 Å². The van der Waals surface area contributed by atoms with Gasteiger partial charge in [0.05, 0.1) is 5.69 Å². The number of likely N-dealkylation sites (tertiary alicyclic amines) is 1. The van der Waals surface area contributed by atoms with E-state index in [1.54, 1.807) is 4.90 Å². The summed E-state index contributed by atoms with van der Waals surface area (Å²) in [7, 11) is 0. The minimum atomic E-state index is -1.40. The number of benzene rings is 1. The lowest BCUT2D eigenvalue weighted by Crippen LogP contribution is -2.44. The molecule has 0 aromatic heterocycles. The third-order valence-electron chi connectivity index (χ3n) is 3.63. The number of hydrogen-bond donors (Lipinski definition) is 2. The quantitative estimate of drug-likeness (QED) is 0.880. The van der Waals surface area contributed by atoms with Gasteiger partial charge in [0.2, 0.25) is 0 Å². The molecule has 2 atom stereocenters. The summed E-state index contributed by atoms with van der Waals surface area (Å²) in [6.45, 7) is 5.38. The molecular weight excluding hydrogens is 275 g/mol. The third-order valence-corrected chi connectivity index (χ3v) is 3.63. The summed E-state index contributed by atoms with van der Waals surface area (Å²) in [6.07, 6.45) is 1.06. The highest BCUT2D eigenvalue weighted by atomic mass is 19.1. The summed E-state index contributed by atoms with van der Waals surface area (Å²) < 4.78 is 13.6. The number of halogens is 1. The lowest BCUT2D eigenvalue weighted by Gasteiger charge is -2.35. The van der Waals surface area contributed by atoms with Crippen LogP contribution >= 0.6 is 0 Å². The highest BCUT2D eigenvalue weighted by Crippen LogP contribution is 2.23. The summed E-state index contributed by atoms with van der Waals surface area (Å²) in [5.41, 5.74) is -0.526. The highest BCUT2D eigenvalue weighted by molar-refractivity contribution is 6.00. The molecule has 6 heteroatoms.